The maximum atomic E-state index is 14.9. The van der Waals surface area contributed by atoms with Gasteiger partial charge in [0.2, 0.25) is 0 Å². The number of ether oxygens (including phenoxy) is 1. The number of hydrogen-bond donors (Lipinski definition) is 1. The first kappa shape index (κ1) is 27.6. The van der Waals surface area contributed by atoms with Gasteiger partial charge in [-0.1, -0.05) is 38.4 Å². The lowest BCUT2D eigenvalue weighted by Crippen LogP contribution is -2.61. The van der Waals surface area contributed by atoms with E-state index in [-0.39, 0.29) is 18.9 Å². The quantitative estimate of drug-likeness (QED) is 0.259. The number of piperidine rings is 1. The molecule has 1 aliphatic carbocycles. The van der Waals surface area contributed by atoms with Gasteiger partial charge in [-0.25, -0.2) is 14.2 Å². The summed E-state index contributed by atoms with van der Waals surface area (Å²) in [6.45, 7) is 8.53. The maximum absolute atomic E-state index is 14.9. The molecule has 0 radical (unpaired) electrons. The Balaban J connectivity index is 1.39. The zero-order chi connectivity index (χ0) is 29.2. The molecule has 1 aromatic carbocycles. The maximum Gasteiger partial charge on any atom is 0.404 e. The van der Waals surface area contributed by atoms with Crippen LogP contribution >= 0.6 is 11.6 Å². The minimum Gasteiger partial charge on any atom is -0.454 e. The minimum atomic E-state index is -1.35. The lowest BCUT2D eigenvalue weighted by atomic mass is 9.78. The Hall–Kier alpha value is -3.59. The summed E-state index contributed by atoms with van der Waals surface area (Å²) in [5.74, 6) is 0.953. The molecule has 1 aliphatic heterocycles. The second kappa shape index (κ2) is 10.0. The SMILES string of the molecule is Cc1c(-c2cc3ccc(Cl)nc3n2CC2CC2)oc2cc(C(=O)N3C[C@H](F)C[C@@H](OC(N)=O)C3C(C)(C)C)ccc12. The lowest BCUT2D eigenvalue weighted by Gasteiger charge is -2.47. The van der Waals surface area contributed by atoms with E-state index in [1.807, 2.05) is 39.8 Å². The van der Waals surface area contributed by atoms with Gasteiger partial charge in [0.25, 0.3) is 5.91 Å². The number of hydrogen-bond acceptors (Lipinski definition) is 5. The Morgan fingerprint density at radius 2 is 1.95 bits per heavy atom. The van der Waals surface area contributed by atoms with E-state index in [0.717, 1.165) is 34.2 Å². The van der Waals surface area contributed by atoms with Crippen molar-refractivity contribution in [3.63, 3.8) is 0 Å². The van der Waals surface area contributed by atoms with Crippen LogP contribution in [0.2, 0.25) is 5.15 Å². The van der Waals surface area contributed by atoms with Crippen molar-refractivity contribution in [2.24, 2.45) is 17.1 Å². The zero-order valence-electron chi connectivity index (χ0n) is 23.6. The molecule has 0 bridgehead atoms. The Kier molecular flexibility index (Phi) is 6.76. The van der Waals surface area contributed by atoms with Gasteiger partial charge < -0.3 is 24.4 Å². The second-order valence-corrected chi connectivity index (χ2v) is 12.9. The fourth-order valence-corrected chi connectivity index (χ4v) is 6.43. The number of benzene rings is 1. The number of carbonyl (C=O) groups excluding carboxylic acids is 2. The van der Waals surface area contributed by atoms with Crippen LogP contribution in [-0.4, -0.2) is 51.3 Å². The van der Waals surface area contributed by atoms with Gasteiger partial charge in [-0.2, -0.15) is 0 Å². The normalized spacial score (nSPS) is 21.5. The summed E-state index contributed by atoms with van der Waals surface area (Å²) >= 11 is 6.25. The van der Waals surface area contributed by atoms with E-state index in [0.29, 0.717) is 28.0 Å². The van der Waals surface area contributed by atoms with Gasteiger partial charge in [0.1, 0.15) is 28.7 Å². The van der Waals surface area contributed by atoms with Crippen LogP contribution < -0.4 is 5.73 Å². The number of amides is 2. The monoisotopic (exact) mass is 580 g/mol. The highest BCUT2D eigenvalue weighted by atomic mass is 35.5. The number of halogens is 2. The first-order valence-electron chi connectivity index (χ1n) is 14.0. The number of rotatable bonds is 5. The van der Waals surface area contributed by atoms with Crippen LogP contribution in [0.15, 0.2) is 40.8 Å². The average Bonchev–Trinajstić information content (AvgIpc) is 3.57. The van der Waals surface area contributed by atoms with Crippen LogP contribution in [0.25, 0.3) is 33.5 Å². The molecule has 2 amide bonds. The van der Waals surface area contributed by atoms with Gasteiger partial charge in [-0.05, 0) is 61.4 Å². The van der Waals surface area contributed by atoms with Crippen LogP contribution in [0.3, 0.4) is 0 Å². The van der Waals surface area contributed by atoms with E-state index in [4.69, 9.17) is 26.5 Å². The van der Waals surface area contributed by atoms with E-state index < -0.39 is 29.8 Å². The Bertz CT molecular complexity index is 1670. The Morgan fingerprint density at radius 1 is 1.20 bits per heavy atom. The van der Waals surface area contributed by atoms with Gasteiger partial charge >= 0.3 is 6.09 Å². The van der Waals surface area contributed by atoms with Crippen molar-refractivity contribution in [3.8, 4) is 11.5 Å². The molecule has 10 heteroatoms. The highest BCUT2D eigenvalue weighted by molar-refractivity contribution is 6.29. The first-order chi connectivity index (χ1) is 19.4. The summed E-state index contributed by atoms with van der Waals surface area (Å²) in [6.07, 6.45) is -0.829. The Labute approximate surface area is 242 Å². The zero-order valence-corrected chi connectivity index (χ0v) is 24.4. The molecule has 216 valence electrons. The third kappa shape index (κ3) is 5.16. The van der Waals surface area contributed by atoms with E-state index in [2.05, 4.69) is 15.6 Å². The number of carbonyl (C=O) groups is 2. The number of primary amides is 1. The van der Waals surface area contributed by atoms with E-state index in [9.17, 15) is 14.0 Å². The van der Waals surface area contributed by atoms with Crippen LogP contribution in [0.1, 0.15) is 56.0 Å². The van der Waals surface area contributed by atoms with Crippen LogP contribution in [-0.2, 0) is 11.3 Å². The summed E-state index contributed by atoms with van der Waals surface area (Å²) in [6, 6.07) is 10.6. The molecule has 0 spiro atoms. The summed E-state index contributed by atoms with van der Waals surface area (Å²) in [5, 5.41) is 2.30. The van der Waals surface area contributed by atoms with Crippen molar-refractivity contribution >= 4 is 45.6 Å². The van der Waals surface area contributed by atoms with Gasteiger partial charge in [0.15, 0.2) is 5.76 Å². The topological polar surface area (TPSA) is 104 Å². The van der Waals surface area contributed by atoms with E-state index in [1.165, 1.54) is 17.7 Å². The van der Waals surface area contributed by atoms with Crippen molar-refractivity contribution in [1.82, 2.24) is 14.5 Å². The van der Waals surface area contributed by atoms with Crippen LogP contribution in [0.4, 0.5) is 9.18 Å². The molecule has 2 fully saturated rings. The molecule has 1 unspecified atom stereocenters. The van der Waals surface area contributed by atoms with E-state index in [1.54, 1.807) is 18.2 Å². The molecule has 8 nitrogen and oxygen atoms in total. The van der Waals surface area contributed by atoms with Gasteiger partial charge in [0.05, 0.1) is 18.3 Å². The largest absolute Gasteiger partial charge is 0.454 e. The van der Waals surface area contributed by atoms with Gasteiger partial charge in [-0.3, -0.25) is 4.79 Å². The molecule has 3 aromatic heterocycles. The second-order valence-electron chi connectivity index (χ2n) is 12.5. The molecular formula is C31H34ClFN4O4. The lowest BCUT2D eigenvalue weighted by molar-refractivity contribution is -0.0570. The summed E-state index contributed by atoms with van der Waals surface area (Å²) in [7, 11) is 0. The van der Waals surface area contributed by atoms with Crippen LogP contribution in [0.5, 0.6) is 0 Å². The molecular weight excluding hydrogens is 547 g/mol. The smallest absolute Gasteiger partial charge is 0.404 e. The van der Waals surface area contributed by atoms with Crippen molar-refractivity contribution < 1.29 is 23.1 Å². The molecule has 1 saturated heterocycles. The molecule has 41 heavy (non-hydrogen) atoms. The standard InChI is InChI=1S/C31H34ClFN4O4/c1-16-21-9-7-19(29(38)37-15-20(33)13-24(41-30(34)39)27(37)31(2,3)4)12-23(21)40-26(16)22-11-18-8-10-25(32)35-28(18)36(22)14-17-5-6-17/h7-12,17,20,24,27H,5-6,13-15H2,1-4H3,(H2,34,39)/t20-,24-,27?/m1/s1. The number of aryl methyl sites for hydroxylation is 1. The fourth-order valence-electron chi connectivity index (χ4n) is 6.28. The highest BCUT2D eigenvalue weighted by Crippen LogP contribution is 2.40. The first-order valence-corrected chi connectivity index (χ1v) is 14.4. The van der Waals surface area contributed by atoms with Crippen molar-refractivity contribution in [1.29, 1.82) is 0 Å². The number of fused-ring (bicyclic) bond motifs is 2. The average molecular weight is 581 g/mol. The number of aromatic nitrogens is 2. The molecule has 3 atom stereocenters. The van der Waals surface area contributed by atoms with Gasteiger partial charge in [-0.15, -0.1) is 0 Å². The molecule has 1 saturated carbocycles. The van der Waals surface area contributed by atoms with Crippen molar-refractivity contribution in [2.75, 3.05) is 6.54 Å². The number of furan rings is 1. The van der Waals surface area contributed by atoms with Gasteiger partial charge in [0, 0.05) is 34.9 Å². The number of alkyl halides is 1. The molecule has 6 rings (SSSR count). The number of pyridine rings is 1. The molecule has 4 heterocycles. The third-order valence-corrected chi connectivity index (χ3v) is 8.46. The molecule has 2 N–H and O–H groups in total. The minimum absolute atomic E-state index is 0.0106. The molecule has 4 aromatic rings. The molecule has 2 aliphatic rings. The van der Waals surface area contributed by atoms with Crippen molar-refractivity contribution in [3.05, 3.63) is 52.7 Å². The number of nitrogens with zero attached hydrogens (tertiary/aromatic N) is 3. The number of likely N-dealkylation sites (tertiary alicyclic amines) is 1. The Morgan fingerprint density at radius 3 is 2.63 bits per heavy atom. The summed E-state index contributed by atoms with van der Waals surface area (Å²) in [5.41, 5.74) is 8.41. The summed E-state index contributed by atoms with van der Waals surface area (Å²) < 4.78 is 28.8. The predicted molar refractivity (Wildman–Crippen MR) is 156 cm³/mol. The van der Waals surface area contributed by atoms with Crippen LogP contribution in [0, 0.1) is 18.3 Å². The third-order valence-electron chi connectivity index (χ3n) is 8.25. The summed E-state index contributed by atoms with van der Waals surface area (Å²) in [4.78, 5) is 31.6. The van der Waals surface area contributed by atoms with Crippen molar-refractivity contribution in [2.45, 2.75) is 71.8 Å². The predicted octanol–water partition coefficient (Wildman–Crippen LogP) is 6.88. The fraction of sp³-hybridized carbons (Fsp3) is 0.452. The van der Waals surface area contributed by atoms with E-state index >= 15 is 0 Å². The number of nitrogens with two attached hydrogens (primary N) is 1. The highest BCUT2D eigenvalue weighted by Gasteiger charge is 2.46.